The van der Waals surface area contributed by atoms with E-state index in [0.29, 0.717) is 27.8 Å². The molecular formula is C23H20N4O2S. The van der Waals surface area contributed by atoms with Crippen molar-refractivity contribution in [2.75, 3.05) is 0 Å². The van der Waals surface area contributed by atoms with Crippen LogP contribution in [0.1, 0.15) is 34.5 Å². The van der Waals surface area contributed by atoms with Crippen molar-refractivity contribution in [3.05, 3.63) is 105 Å². The minimum atomic E-state index is -0.330. The number of benzene rings is 2. The van der Waals surface area contributed by atoms with Crippen molar-refractivity contribution in [1.29, 1.82) is 0 Å². The second-order valence-electron chi connectivity index (χ2n) is 6.84. The molecule has 150 valence electrons. The summed E-state index contributed by atoms with van der Waals surface area (Å²) in [4.78, 5) is 32.8. The van der Waals surface area contributed by atoms with Crippen LogP contribution in [-0.4, -0.2) is 20.4 Å². The molecule has 0 aliphatic carbocycles. The van der Waals surface area contributed by atoms with Crippen molar-refractivity contribution >= 4 is 29.0 Å². The molecule has 1 unspecified atom stereocenters. The molecule has 30 heavy (non-hydrogen) atoms. The Balaban J connectivity index is 1.72. The summed E-state index contributed by atoms with van der Waals surface area (Å²) in [6.45, 7) is 2.35. The van der Waals surface area contributed by atoms with E-state index in [-0.39, 0.29) is 17.5 Å². The highest BCUT2D eigenvalue weighted by Crippen LogP contribution is 2.22. The number of pyridine rings is 1. The molecule has 2 N–H and O–H groups in total. The number of carbonyl (C=O) groups is 1. The van der Waals surface area contributed by atoms with Crippen LogP contribution in [0.25, 0.3) is 10.9 Å². The molecule has 4 aromatic rings. The third kappa shape index (κ3) is 3.79. The van der Waals surface area contributed by atoms with Gasteiger partial charge in [0.1, 0.15) is 0 Å². The summed E-state index contributed by atoms with van der Waals surface area (Å²) in [5, 5.41) is 3.59. The smallest absolute Gasteiger partial charge is 0.262 e. The van der Waals surface area contributed by atoms with E-state index in [2.05, 4.69) is 15.3 Å². The molecular weight excluding hydrogens is 396 g/mol. The molecule has 4 rings (SSSR count). The first-order chi connectivity index (χ1) is 14.6. The maximum Gasteiger partial charge on any atom is 0.262 e. The van der Waals surface area contributed by atoms with Crippen LogP contribution in [0.15, 0.2) is 77.9 Å². The fourth-order valence-electron chi connectivity index (χ4n) is 3.46. The number of nitrogens with one attached hydrogen (secondary N) is 2. The minimum Gasteiger partial charge on any atom is -0.341 e. The molecule has 0 aliphatic rings. The molecule has 2 aromatic carbocycles. The number of H-pyrrole nitrogens is 1. The van der Waals surface area contributed by atoms with E-state index in [9.17, 15) is 9.59 Å². The summed E-state index contributed by atoms with van der Waals surface area (Å²) in [7, 11) is 0. The second kappa shape index (κ2) is 8.42. The number of carbonyl (C=O) groups excluding carboxylic acids is 1. The fourth-order valence-corrected chi connectivity index (χ4v) is 3.78. The number of aromatic amines is 1. The Labute approximate surface area is 178 Å². The Hall–Kier alpha value is -3.58. The van der Waals surface area contributed by atoms with Crippen molar-refractivity contribution < 1.29 is 4.79 Å². The number of fused-ring (bicyclic) bond motifs is 1. The van der Waals surface area contributed by atoms with Crippen LogP contribution in [-0.2, 0) is 6.54 Å². The zero-order valence-corrected chi connectivity index (χ0v) is 17.1. The van der Waals surface area contributed by atoms with Crippen LogP contribution >= 0.6 is 12.2 Å². The summed E-state index contributed by atoms with van der Waals surface area (Å²) in [5.74, 6) is -0.249. The first-order valence-corrected chi connectivity index (χ1v) is 10.0. The molecule has 7 heteroatoms. The quantitative estimate of drug-likeness (QED) is 0.482. The molecule has 0 aliphatic heterocycles. The van der Waals surface area contributed by atoms with Gasteiger partial charge in [-0.05, 0) is 60.6 Å². The summed E-state index contributed by atoms with van der Waals surface area (Å²) in [6.07, 6.45) is 3.40. The van der Waals surface area contributed by atoms with Crippen LogP contribution in [0.4, 0.5) is 0 Å². The number of rotatable bonds is 5. The monoisotopic (exact) mass is 416 g/mol. The van der Waals surface area contributed by atoms with E-state index in [0.717, 1.165) is 11.1 Å². The van der Waals surface area contributed by atoms with Crippen LogP contribution in [0.5, 0.6) is 0 Å². The van der Waals surface area contributed by atoms with Crippen LogP contribution in [0.2, 0.25) is 0 Å². The van der Waals surface area contributed by atoms with Gasteiger partial charge in [0.05, 0.1) is 16.9 Å². The number of hydrogen-bond donors (Lipinski definition) is 2. The van der Waals surface area contributed by atoms with Crippen LogP contribution in [0.3, 0.4) is 0 Å². The summed E-state index contributed by atoms with van der Waals surface area (Å²) < 4.78 is 1.83. The van der Waals surface area contributed by atoms with Gasteiger partial charge in [0, 0.05) is 24.5 Å². The van der Waals surface area contributed by atoms with Crippen LogP contribution in [0, 0.1) is 4.77 Å². The molecule has 0 spiro atoms. The molecule has 0 saturated carbocycles. The predicted molar refractivity (Wildman–Crippen MR) is 119 cm³/mol. The zero-order valence-electron chi connectivity index (χ0n) is 16.3. The van der Waals surface area contributed by atoms with Gasteiger partial charge in [-0.2, -0.15) is 0 Å². The van der Waals surface area contributed by atoms with Gasteiger partial charge in [0.15, 0.2) is 4.77 Å². The SMILES string of the molecule is CCn1c(=S)[nH]c2cc(C(=O)NC(c3ccccc3)c3ccncc3)ccc2c1=O. The van der Waals surface area contributed by atoms with Crippen molar-refractivity contribution in [1.82, 2.24) is 19.9 Å². The lowest BCUT2D eigenvalue weighted by atomic mass is 9.99. The maximum atomic E-state index is 13.1. The Kier molecular flexibility index (Phi) is 5.54. The van der Waals surface area contributed by atoms with Crippen molar-refractivity contribution in [3.63, 3.8) is 0 Å². The Morgan fingerprint density at radius 1 is 1.10 bits per heavy atom. The average molecular weight is 417 g/mol. The van der Waals surface area contributed by atoms with Gasteiger partial charge in [0.2, 0.25) is 0 Å². The summed E-state index contributed by atoms with van der Waals surface area (Å²) >= 11 is 5.27. The molecule has 1 atom stereocenters. The summed E-state index contributed by atoms with van der Waals surface area (Å²) in [5.41, 5.74) is 2.71. The average Bonchev–Trinajstić information content (AvgIpc) is 2.78. The standard InChI is InChI=1S/C23H20N4O2S/c1-2-27-22(29)18-9-8-17(14-19(18)25-23(27)30)21(28)26-20(15-6-4-3-5-7-15)16-10-12-24-13-11-16/h3-14,20H,2H2,1H3,(H,25,30)(H,26,28). The van der Waals surface area contributed by atoms with Crippen molar-refractivity contribution in [2.24, 2.45) is 0 Å². The van der Waals surface area contributed by atoms with Crippen LogP contribution < -0.4 is 10.9 Å². The zero-order chi connectivity index (χ0) is 21.1. The van der Waals surface area contributed by atoms with Gasteiger partial charge in [-0.25, -0.2) is 0 Å². The lowest BCUT2D eigenvalue weighted by molar-refractivity contribution is 0.0943. The Bertz CT molecular complexity index is 1270. The van der Waals surface area contributed by atoms with Gasteiger partial charge in [-0.1, -0.05) is 30.3 Å². The third-order valence-electron chi connectivity index (χ3n) is 5.01. The number of hydrogen-bond acceptors (Lipinski definition) is 4. The first-order valence-electron chi connectivity index (χ1n) is 9.61. The summed E-state index contributed by atoms with van der Waals surface area (Å²) in [6, 6.07) is 18.1. The van der Waals surface area contributed by atoms with Gasteiger partial charge in [-0.3, -0.25) is 19.1 Å². The van der Waals surface area contributed by atoms with Crippen molar-refractivity contribution in [2.45, 2.75) is 19.5 Å². The molecule has 6 nitrogen and oxygen atoms in total. The Morgan fingerprint density at radius 3 is 2.50 bits per heavy atom. The highest BCUT2D eigenvalue weighted by molar-refractivity contribution is 7.71. The first kappa shape index (κ1) is 19.7. The number of nitrogens with zero attached hydrogens (tertiary/aromatic N) is 2. The minimum absolute atomic E-state index is 0.165. The molecule has 0 bridgehead atoms. The highest BCUT2D eigenvalue weighted by Gasteiger charge is 2.18. The molecule has 0 fully saturated rings. The van der Waals surface area contributed by atoms with E-state index < -0.39 is 0 Å². The third-order valence-corrected chi connectivity index (χ3v) is 5.33. The van der Waals surface area contributed by atoms with Crippen molar-refractivity contribution in [3.8, 4) is 0 Å². The van der Waals surface area contributed by atoms with Gasteiger partial charge >= 0.3 is 0 Å². The van der Waals surface area contributed by atoms with E-state index >= 15 is 0 Å². The topological polar surface area (TPSA) is 79.8 Å². The Morgan fingerprint density at radius 2 is 1.80 bits per heavy atom. The van der Waals surface area contributed by atoms with E-state index in [1.165, 1.54) is 4.57 Å². The largest absolute Gasteiger partial charge is 0.341 e. The number of amides is 1. The number of aromatic nitrogens is 3. The van der Waals surface area contributed by atoms with E-state index in [1.807, 2.05) is 49.4 Å². The molecule has 1 amide bonds. The van der Waals surface area contributed by atoms with Gasteiger partial charge in [0.25, 0.3) is 11.5 Å². The molecule has 0 saturated heterocycles. The second-order valence-corrected chi connectivity index (χ2v) is 7.22. The molecule has 2 aromatic heterocycles. The molecule has 0 radical (unpaired) electrons. The lowest BCUT2D eigenvalue weighted by Crippen LogP contribution is -2.29. The lowest BCUT2D eigenvalue weighted by Gasteiger charge is -2.20. The normalized spacial score (nSPS) is 11.9. The van der Waals surface area contributed by atoms with E-state index in [4.69, 9.17) is 12.2 Å². The fraction of sp³-hybridized carbons (Fsp3) is 0.130. The predicted octanol–water partition coefficient (Wildman–Crippen LogP) is 3.99. The van der Waals surface area contributed by atoms with Gasteiger partial charge in [-0.15, -0.1) is 0 Å². The van der Waals surface area contributed by atoms with E-state index in [1.54, 1.807) is 30.6 Å². The highest BCUT2D eigenvalue weighted by atomic mass is 32.1. The van der Waals surface area contributed by atoms with Gasteiger partial charge < -0.3 is 10.3 Å². The molecule has 2 heterocycles. The maximum absolute atomic E-state index is 13.1.